The fourth-order valence-electron chi connectivity index (χ4n) is 2.30. The average molecular weight is 279 g/mol. The summed E-state index contributed by atoms with van der Waals surface area (Å²) in [6, 6.07) is 11.8. The maximum atomic E-state index is 10.4. The lowest BCUT2D eigenvalue weighted by molar-refractivity contribution is 0.157. The van der Waals surface area contributed by atoms with E-state index in [0.717, 1.165) is 17.0 Å². The largest absolute Gasteiger partial charge is 0.387 e. The molecule has 0 amide bonds. The quantitative estimate of drug-likeness (QED) is 0.798. The highest BCUT2D eigenvalue weighted by molar-refractivity contribution is 5.54. The second-order valence-electron chi connectivity index (χ2n) is 5.07. The van der Waals surface area contributed by atoms with Gasteiger partial charge in [-0.15, -0.1) is 0 Å². The first-order valence-corrected chi connectivity index (χ1v) is 6.90. The molecule has 0 bridgehead atoms. The van der Waals surface area contributed by atoms with Crippen LogP contribution in [0.15, 0.2) is 61.2 Å². The van der Waals surface area contributed by atoms with Crippen molar-refractivity contribution in [2.75, 3.05) is 0 Å². The van der Waals surface area contributed by atoms with Crippen molar-refractivity contribution in [2.45, 2.75) is 19.6 Å². The molecule has 1 N–H and O–H groups in total. The number of hydrogen-bond donors (Lipinski definition) is 1. The van der Waals surface area contributed by atoms with E-state index in [0.29, 0.717) is 6.54 Å². The number of aliphatic hydroxyl groups is 1. The lowest BCUT2D eigenvalue weighted by atomic mass is 10.1. The topological polar surface area (TPSA) is 50.9 Å². The van der Waals surface area contributed by atoms with Gasteiger partial charge in [-0.3, -0.25) is 4.98 Å². The molecular weight excluding hydrogens is 262 g/mol. The third-order valence-electron chi connectivity index (χ3n) is 3.49. The Hall–Kier alpha value is -2.46. The number of hydrogen-bond acceptors (Lipinski definition) is 3. The summed E-state index contributed by atoms with van der Waals surface area (Å²) in [4.78, 5) is 8.39. The molecule has 4 heteroatoms. The van der Waals surface area contributed by atoms with Crippen molar-refractivity contribution in [3.05, 3.63) is 72.3 Å². The summed E-state index contributed by atoms with van der Waals surface area (Å²) in [5.41, 5.74) is 3.09. The molecule has 2 heterocycles. The lowest BCUT2D eigenvalue weighted by Gasteiger charge is -2.14. The molecule has 2 aromatic heterocycles. The monoisotopic (exact) mass is 279 g/mol. The van der Waals surface area contributed by atoms with E-state index >= 15 is 0 Å². The second kappa shape index (κ2) is 5.89. The molecule has 0 aliphatic rings. The fraction of sp³-hybridized carbons (Fsp3) is 0.176. The zero-order valence-electron chi connectivity index (χ0n) is 11.8. The van der Waals surface area contributed by atoms with Crippen LogP contribution in [0, 0.1) is 6.92 Å². The van der Waals surface area contributed by atoms with Gasteiger partial charge in [0.25, 0.3) is 0 Å². The first kappa shape index (κ1) is 13.5. The number of pyridine rings is 1. The minimum atomic E-state index is -0.555. The number of nitrogens with zero attached hydrogens (tertiary/aromatic N) is 3. The predicted octanol–water partition coefficient (Wildman–Crippen LogP) is 2.99. The van der Waals surface area contributed by atoms with Crippen LogP contribution in [0.25, 0.3) is 11.4 Å². The van der Waals surface area contributed by atoms with Gasteiger partial charge in [0.1, 0.15) is 5.82 Å². The summed E-state index contributed by atoms with van der Waals surface area (Å²) in [5.74, 6) is 0.837. The minimum Gasteiger partial charge on any atom is -0.387 e. The van der Waals surface area contributed by atoms with E-state index in [1.54, 1.807) is 18.6 Å². The summed E-state index contributed by atoms with van der Waals surface area (Å²) in [7, 11) is 0. The van der Waals surface area contributed by atoms with Gasteiger partial charge in [0.15, 0.2) is 0 Å². The van der Waals surface area contributed by atoms with Crippen LogP contribution in [0.2, 0.25) is 0 Å². The van der Waals surface area contributed by atoms with E-state index in [1.807, 2.05) is 54.1 Å². The second-order valence-corrected chi connectivity index (χ2v) is 5.07. The SMILES string of the molecule is Cc1ccc(C(O)Cn2ccnc2-c2ccncc2)cc1. The molecule has 0 saturated heterocycles. The van der Waals surface area contributed by atoms with Crippen molar-refractivity contribution < 1.29 is 5.11 Å². The molecule has 0 aliphatic heterocycles. The predicted molar refractivity (Wildman–Crippen MR) is 81.6 cm³/mol. The van der Waals surface area contributed by atoms with Gasteiger partial charge in [0.05, 0.1) is 12.6 Å². The maximum Gasteiger partial charge on any atom is 0.140 e. The Bertz CT molecular complexity index is 704. The van der Waals surface area contributed by atoms with Crippen LogP contribution >= 0.6 is 0 Å². The molecule has 106 valence electrons. The number of aliphatic hydroxyl groups excluding tert-OH is 1. The Labute approximate surface area is 123 Å². The van der Waals surface area contributed by atoms with Gasteiger partial charge in [0.2, 0.25) is 0 Å². The maximum absolute atomic E-state index is 10.4. The summed E-state index contributed by atoms with van der Waals surface area (Å²) < 4.78 is 1.96. The Kier molecular flexibility index (Phi) is 3.79. The molecule has 1 aromatic carbocycles. The van der Waals surface area contributed by atoms with Gasteiger partial charge in [-0.1, -0.05) is 29.8 Å². The van der Waals surface area contributed by atoms with E-state index in [9.17, 15) is 5.11 Å². The summed E-state index contributed by atoms with van der Waals surface area (Å²) >= 11 is 0. The molecule has 21 heavy (non-hydrogen) atoms. The molecule has 1 unspecified atom stereocenters. The van der Waals surface area contributed by atoms with Crippen molar-refractivity contribution in [1.82, 2.24) is 14.5 Å². The number of aryl methyl sites for hydroxylation is 1. The first-order valence-electron chi connectivity index (χ1n) is 6.90. The zero-order chi connectivity index (χ0) is 14.7. The van der Waals surface area contributed by atoms with Crippen LogP contribution in [-0.2, 0) is 6.54 Å². The molecule has 3 rings (SSSR count). The molecule has 0 spiro atoms. The Morgan fingerprint density at radius 2 is 1.76 bits per heavy atom. The van der Waals surface area contributed by atoms with Crippen molar-refractivity contribution in [3.8, 4) is 11.4 Å². The molecule has 4 nitrogen and oxygen atoms in total. The third kappa shape index (κ3) is 3.01. The van der Waals surface area contributed by atoms with Gasteiger partial charge >= 0.3 is 0 Å². The molecular formula is C17H17N3O. The number of benzene rings is 1. The van der Waals surface area contributed by atoms with E-state index in [4.69, 9.17) is 0 Å². The van der Waals surface area contributed by atoms with Crippen molar-refractivity contribution >= 4 is 0 Å². The smallest absolute Gasteiger partial charge is 0.140 e. The van der Waals surface area contributed by atoms with Crippen LogP contribution in [-0.4, -0.2) is 19.6 Å². The van der Waals surface area contributed by atoms with Crippen molar-refractivity contribution in [3.63, 3.8) is 0 Å². The summed E-state index contributed by atoms with van der Waals surface area (Å²) in [5, 5.41) is 10.4. The average Bonchev–Trinajstić information content (AvgIpc) is 2.97. The van der Waals surface area contributed by atoms with E-state index < -0.39 is 6.10 Å². The first-order chi connectivity index (χ1) is 10.2. The minimum absolute atomic E-state index is 0.473. The Morgan fingerprint density at radius 1 is 1.05 bits per heavy atom. The highest BCUT2D eigenvalue weighted by atomic mass is 16.3. The van der Waals surface area contributed by atoms with Crippen LogP contribution in [0.4, 0.5) is 0 Å². The summed E-state index contributed by atoms with van der Waals surface area (Å²) in [6.07, 6.45) is 6.56. The highest BCUT2D eigenvalue weighted by Crippen LogP contribution is 2.21. The molecule has 0 aliphatic carbocycles. The van der Waals surface area contributed by atoms with Gasteiger partial charge in [-0.05, 0) is 24.6 Å². The Morgan fingerprint density at radius 3 is 2.48 bits per heavy atom. The van der Waals surface area contributed by atoms with Crippen LogP contribution in [0.5, 0.6) is 0 Å². The molecule has 0 fully saturated rings. The van der Waals surface area contributed by atoms with Gasteiger partial charge in [-0.2, -0.15) is 0 Å². The third-order valence-corrected chi connectivity index (χ3v) is 3.49. The lowest BCUT2D eigenvalue weighted by Crippen LogP contribution is -2.09. The molecule has 0 saturated carbocycles. The molecule has 0 radical (unpaired) electrons. The van der Waals surface area contributed by atoms with Gasteiger partial charge < -0.3 is 9.67 Å². The number of rotatable bonds is 4. The summed E-state index contributed by atoms with van der Waals surface area (Å²) in [6.45, 7) is 2.51. The van der Waals surface area contributed by atoms with Crippen LogP contribution in [0.3, 0.4) is 0 Å². The van der Waals surface area contributed by atoms with Crippen LogP contribution in [0.1, 0.15) is 17.2 Å². The highest BCUT2D eigenvalue weighted by Gasteiger charge is 2.12. The zero-order valence-corrected chi connectivity index (χ0v) is 11.8. The number of imidazole rings is 1. The Balaban J connectivity index is 1.83. The van der Waals surface area contributed by atoms with Gasteiger partial charge in [-0.25, -0.2) is 4.98 Å². The van der Waals surface area contributed by atoms with E-state index in [-0.39, 0.29) is 0 Å². The van der Waals surface area contributed by atoms with Gasteiger partial charge in [0, 0.05) is 30.4 Å². The van der Waals surface area contributed by atoms with Crippen molar-refractivity contribution in [1.29, 1.82) is 0 Å². The normalized spacial score (nSPS) is 12.3. The standard InChI is InChI=1S/C17H17N3O/c1-13-2-4-14(5-3-13)16(21)12-20-11-10-19-17(20)15-6-8-18-9-7-15/h2-11,16,21H,12H2,1H3. The fourth-order valence-corrected chi connectivity index (χ4v) is 2.30. The van der Waals surface area contributed by atoms with E-state index in [2.05, 4.69) is 9.97 Å². The number of aromatic nitrogens is 3. The van der Waals surface area contributed by atoms with Crippen molar-refractivity contribution in [2.24, 2.45) is 0 Å². The molecule has 1 atom stereocenters. The van der Waals surface area contributed by atoms with E-state index in [1.165, 1.54) is 5.56 Å². The molecule has 3 aromatic rings. The van der Waals surface area contributed by atoms with Crippen LogP contribution < -0.4 is 0 Å².